The van der Waals surface area contributed by atoms with Gasteiger partial charge >= 0.3 is 0 Å². The van der Waals surface area contributed by atoms with Gasteiger partial charge in [-0.25, -0.2) is 5.43 Å². The molecule has 0 atom stereocenters. The van der Waals surface area contributed by atoms with Gasteiger partial charge in [0.25, 0.3) is 5.91 Å². The lowest BCUT2D eigenvalue weighted by Gasteiger charge is -2.17. The summed E-state index contributed by atoms with van der Waals surface area (Å²) in [5.74, 6) is 0.674. The van der Waals surface area contributed by atoms with Crippen molar-refractivity contribution in [1.82, 2.24) is 10.4 Å². The van der Waals surface area contributed by atoms with E-state index < -0.39 is 0 Å². The molecular formula is C15H12ClN3OS. The van der Waals surface area contributed by atoms with Gasteiger partial charge in [-0.3, -0.25) is 9.78 Å². The van der Waals surface area contributed by atoms with E-state index in [1.807, 2.05) is 18.2 Å². The number of rotatable bonds is 2. The maximum Gasteiger partial charge on any atom is 0.272 e. The van der Waals surface area contributed by atoms with E-state index in [0.29, 0.717) is 10.6 Å². The highest BCUT2D eigenvalue weighted by Crippen LogP contribution is 2.32. The van der Waals surface area contributed by atoms with Crippen LogP contribution in [0.25, 0.3) is 0 Å². The third-order valence-electron chi connectivity index (χ3n) is 3.07. The van der Waals surface area contributed by atoms with Crippen LogP contribution in [0.3, 0.4) is 0 Å². The number of carbonyl (C=O) groups is 1. The summed E-state index contributed by atoms with van der Waals surface area (Å²) < 4.78 is 0. The quantitative estimate of drug-likeness (QED) is 0.864. The zero-order chi connectivity index (χ0) is 14.7. The summed E-state index contributed by atoms with van der Waals surface area (Å²) in [6, 6.07) is 9.15. The van der Waals surface area contributed by atoms with Crippen molar-refractivity contribution in [2.75, 3.05) is 5.75 Å². The molecule has 0 saturated heterocycles. The molecule has 0 spiro atoms. The minimum absolute atomic E-state index is 0.266. The summed E-state index contributed by atoms with van der Waals surface area (Å²) >= 11 is 7.81. The highest BCUT2D eigenvalue weighted by molar-refractivity contribution is 7.99. The van der Waals surface area contributed by atoms with Crippen LogP contribution in [0.5, 0.6) is 0 Å². The first kappa shape index (κ1) is 14.1. The molecule has 0 radical (unpaired) electrons. The standard InChI is InChI=1S/C15H12ClN3OS/c16-11-3-4-14-12(8-11)13(5-7-21-14)18-19-15(20)10-2-1-6-17-9-10/h1-4,6,8-9H,5,7H2,(H,19,20)/b18-13+. The maximum absolute atomic E-state index is 12.0. The number of fused-ring (bicyclic) bond motifs is 1. The lowest BCUT2D eigenvalue weighted by Crippen LogP contribution is -2.21. The Morgan fingerprint density at radius 1 is 1.38 bits per heavy atom. The van der Waals surface area contributed by atoms with Gasteiger partial charge in [-0.15, -0.1) is 11.8 Å². The van der Waals surface area contributed by atoms with Crippen molar-refractivity contribution >= 4 is 35.0 Å². The second kappa shape index (κ2) is 6.28. The largest absolute Gasteiger partial charge is 0.272 e. The molecule has 0 fully saturated rings. The monoisotopic (exact) mass is 317 g/mol. The van der Waals surface area contributed by atoms with Crippen molar-refractivity contribution in [1.29, 1.82) is 0 Å². The van der Waals surface area contributed by atoms with Gasteiger partial charge in [0.15, 0.2) is 0 Å². The minimum Gasteiger partial charge on any atom is -0.267 e. The number of aromatic nitrogens is 1. The number of hydrogen-bond acceptors (Lipinski definition) is 4. The Labute approximate surface area is 131 Å². The summed E-state index contributed by atoms with van der Waals surface area (Å²) in [6.45, 7) is 0. The molecule has 0 unspecified atom stereocenters. The van der Waals surface area contributed by atoms with Crippen molar-refractivity contribution in [3.05, 3.63) is 58.9 Å². The lowest BCUT2D eigenvalue weighted by molar-refractivity contribution is 0.0954. The van der Waals surface area contributed by atoms with E-state index >= 15 is 0 Å². The van der Waals surface area contributed by atoms with Crippen LogP contribution in [0.4, 0.5) is 0 Å². The fourth-order valence-electron chi connectivity index (χ4n) is 2.04. The predicted octanol–water partition coefficient (Wildman–Crippen LogP) is 3.36. The zero-order valence-corrected chi connectivity index (χ0v) is 12.6. The number of hydrogen-bond donors (Lipinski definition) is 1. The van der Waals surface area contributed by atoms with Gasteiger partial charge in [0, 0.05) is 40.0 Å². The molecule has 1 aromatic carbocycles. The van der Waals surface area contributed by atoms with E-state index in [9.17, 15) is 4.79 Å². The number of benzene rings is 1. The number of hydrazone groups is 1. The SMILES string of the molecule is O=C(N/N=C1\CCSc2ccc(Cl)cc21)c1cccnc1. The van der Waals surface area contributed by atoms with Gasteiger partial charge in [0.05, 0.1) is 11.3 Å². The Kier molecular flexibility index (Phi) is 4.22. The molecule has 2 heterocycles. The zero-order valence-electron chi connectivity index (χ0n) is 11.0. The third-order valence-corrected chi connectivity index (χ3v) is 4.38. The molecule has 21 heavy (non-hydrogen) atoms. The summed E-state index contributed by atoms with van der Waals surface area (Å²) in [5.41, 5.74) is 4.91. The summed E-state index contributed by atoms with van der Waals surface area (Å²) in [7, 11) is 0. The Hall–Kier alpha value is -1.85. The fraction of sp³-hybridized carbons (Fsp3) is 0.133. The van der Waals surface area contributed by atoms with Gasteiger partial charge in [0.2, 0.25) is 0 Å². The average molecular weight is 318 g/mol. The smallest absolute Gasteiger partial charge is 0.267 e. The van der Waals surface area contributed by atoms with E-state index in [-0.39, 0.29) is 5.91 Å². The van der Waals surface area contributed by atoms with Crippen LogP contribution in [0, 0.1) is 0 Å². The van der Waals surface area contributed by atoms with Crippen molar-refractivity contribution < 1.29 is 4.79 Å². The Balaban J connectivity index is 1.82. The van der Waals surface area contributed by atoms with Crippen molar-refractivity contribution in [2.45, 2.75) is 11.3 Å². The van der Waals surface area contributed by atoms with Gasteiger partial charge in [-0.05, 0) is 30.3 Å². The van der Waals surface area contributed by atoms with Crippen LogP contribution in [0.1, 0.15) is 22.3 Å². The molecule has 1 N–H and O–H groups in total. The Morgan fingerprint density at radius 3 is 3.10 bits per heavy atom. The first-order valence-electron chi connectivity index (χ1n) is 6.44. The molecule has 2 aromatic rings. The van der Waals surface area contributed by atoms with Gasteiger partial charge in [0.1, 0.15) is 0 Å². The highest BCUT2D eigenvalue weighted by Gasteiger charge is 2.17. The Morgan fingerprint density at radius 2 is 2.29 bits per heavy atom. The molecular weight excluding hydrogens is 306 g/mol. The van der Waals surface area contributed by atoms with Crippen LogP contribution in [0.15, 0.2) is 52.7 Å². The predicted molar refractivity (Wildman–Crippen MR) is 85.0 cm³/mol. The second-order valence-corrected chi connectivity index (χ2v) is 6.05. The Bertz CT molecular complexity index is 703. The molecule has 6 heteroatoms. The minimum atomic E-state index is -0.266. The summed E-state index contributed by atoms with van der Waals surface area (Å²) in [6.07, 6.45) is 3.93. The molecule has 1 aliphatic heterocycles. The van der Waals surface area contributed by atoms with Gasteiger partial charge in [-0.2, -0.15) is 5.10 Å². The molecule has 1 aliphatic rings. The maximum atomic E-state index is 12.0. The van der Waals surface area contributed by atoms with E-state index in [4.69, 9.17) is 11.6 Å². The summed E-state index contributed by atoms with van der Waals surface area (Å²) in [5, 5.41) is 4.93. The molecule has 1 amide bonds. The van der Waals surface area contributed by atoms with Crippen LogP contribution in [-0.2, 0) is 0 Å². The molecule has 4 nitrogen and oxygen atoms in total. The first-order valence-corrected chi connectivity index (χ1v) is 7.80. The number of nitrogens with one attached hydrogen (secondary N) is 1. The number of thioether (sulfide) groups is 1. The third kappa shape index (κ3) is 3.25. The van der Waals surface area contributed by atoms with Gasteiger partial charge < -0.3 is 0 Å². The number of amides is 1. The highest BCUT2D eigenvalue weighted by atomic mass is 35.5. The van der Waals surface area contributed by atoms with Crippen LogP contribution < -0.4 is 5.43 Å². The number of halogens is 1. The molecule has 0 aliphatic carbocycles. The molecule has 1 aromatic heterocycles. The van der Waals surface area contributed by atoms with Crippen LogP contribution in [0.2, 0.25) is 5.02 Å². The molecule has 0 saturated carbocycles. The molecule has 3 rings (SSSR count). The van der Waals surface area contributed by atoms with E-state index in [1.165, 1.54) is 6.20 Å². The van der Waals surface area contributed by atoms with Crippen molar-refractivity contribution in [2.24, 2.45) is 5.10 Å². The fourth-order valence-corrected chi connectivity index (χ4v) is 3.23. The van der Waals surface area contributed by atoms with Crippen LogP contribution in [-0.4, -0.2) is 22.4 Å². The molecule has 106 valence electrons. The number of carbonyl (C=O) groups excluding carboxylic acids is 1. The molecule has 0 bridgehead atoms. The number of pyridine rings is 1. The van der Waals surface area contributed by atoms with E-state index in [2.05, 4.69) is 15.5 Å². The normalized spacial score (nSPS) is 15.6. The summed E-state index contributed by atoms with van der Waals surface area (Å²) in [4.78, 5) is 17.0. The number of nitrogens with zero attached hydrogens (tertiary/aromatic N) is 2. The first-order chi connectivity index (χ1) is 10.2. The van der Waals surface area contributed by atoms with Crippen LogP contribution >= 0.6 is 23.4 Å². The average Bonchev–Trinajstić information content (AvgIpc) is 2.53. The van der Waals surface area contributed by atoms with Crippen molar-refractivity contribution in [3.8, 4) is 0 Å². The van der Waals surface area contributed by atoms with E-state index in [0.717, 1.165) is 28.3 Å². The topological polar surface area (TPSA) is 54.4 Å². The lowest BCUT2D eigenvalue weighted by atomic mass is 10.1. The van der Waals surface area contributed by atoms with Gasteiger partial charge in [-0.1, -0.05) is 11.6 Å². The van der Waals surface area contributed by atoms with E-state index in [1.54, 1.807) is 30.1 Å². The second-order valence-electron chi connectivity index (χ2n) is 4.48. The van der Waals surface area contributed by atoms with Crippen molar-refractivity contribution in [3.63, 3.8) is 0 Å².